The van der Waals surface area contributed by atoms with Crippen LogP contribution in [0.3, 0.4) is 0 Å². The molecule has 2 aliphatic heterocycles. The van der Waals surface area contributed by atoms with Crippen molar-refractivity contribution in [3.8, 4) is 6.07 Å². The second-order valence-corrected chi connectivity index (χ2v) is 11.9. The molecule has 12 heteroatoms. The molecule has 2 heterocycles. The zero-order valence-electron chi connectivity index (χ0n) is 24.3. The summed E-state index contributed by atoms with van der Waals surface area (Å²) in [7, 11) is 1.97. The third kappa shape index (κ3) is 6.82. The number of nitrogens with zero attached hydrogens (tertiary/aromatic N) is 5. The number of amides is 3. The molecule has 4 rings (SSSR count). The van der Waals surface area contributed by atoms with Crippen LogP contribution >= 0.6 is 0 Å². The van der Waals surface area contributed by atoms with Crippen molar-refractivity contribution >= 4 is 17.9 Å². The quantitative estimate of drug-likeness (QED) is 0.437. The van der Waals surface area contributed by atoms with Gasteiger partial charge in [-0.15, -0.1) is 0 Å². The van der Waals surface area contributed by atoms with Crippen molar-refractivity contribution < 1.29 is 32.3 Å². The van der Waals surface area contributed by atoms with Crippen LogP contribution in [0.25, 0.3) is 0 Å². The Morgan fingerprint density at radius 1 is 1.05 bits per heavy atom. The number of carbonyl (C=O) groups excluding carboxylic acids is 3. The van der Waals surface area contributed by atoms with Crippen molar-refractivity contribution in [1.29, 1.82) is 5.26 Å². The summed E-state index contributed by atoms with van der Waals surface area (Å²) in [5, 5.41) is 9.44. The molecule has 1 saturated heterocycles. The van der Waals surface area contributed by atoms with Crippen LogP contribution in [0.5, 0.6) is 0 Å². The van der Waals surface area contributed by atoms with Gasteiger partial charge < -0.3 is 19.4 Å². The zero-order valence-corrected chi connectivity index (χ0v) is 24.3. The molecule has 3 fully saturated rings. The van der Waals surface area contributed by atoms with Crippen LogP contribution in [0.1, 0.15) is 65.2 Å². The van der Waals surface area contributed by atoms with E-state index in [1.165, 1.54) is 9.80 Å². The highest BCUT2D eigenvalue weighted by Gasteiger charge is 2.50. The van der Waals surface area contributed by atoms with Crippen LogP contribution in [0.15, 0.2) is 11.3 Å². The Hall–Kier alpha value is -2.81. The Bertz CT molecular complexity index is 1060. The third-order valence-electron chi connectivity index (χ3n) is 9.37. The van der Waals surface area contributed by atoms with E-state index in [1.807, 2.05) is 7.05 Å². The second-order valence-electron chi connectivity index (χ2n) is 11.9. The van der Waals surface area contributed by atoms with Crippen LogP contribution in [0, 0.1) is 29.1 Å². The standard InChI is InChI=1S/C29H42F3N5O4/c1-4-41-27(39)25-19(2)37(23-7-5-6-22(16-23)29(30,31)32)28(40)36(18-24(38)35-14-12-34(3)13-15-35)26(25)21-10-8-20(17-33)9-11-21/h20-23,26H,4-16,18H2,1-3H3. The van der Waals surface area contributed by atoms with Gasteiger partial charge in [-0.1, -0.05) is 6.42 Å². The lowest BCUT2D eigenvalue weighted by atomic mass is 9.75. The first-order valence-electron chi connectivity index (χ1n) is 14.9. The van der Waals surface area contributed by atoms with Crippen molar-refractivity contribution in [3.05, 3.63) is 11.3 Å². The van der Waals surface area contributed by atoms with Crippen molar-refractivity contribution in [1.82, 2.24) is 19.6 Å². The molecule has 228 valence electrons. The van der Waals surface area contributed by atoms with Gasteiger partial charge in [-0.3, -0.25) is 9.69 Å². The molecule has 0 aromatic heterocycles. The van der Waals surface area contributed by atoms with E-state index in [-0.39, 0.29) is 49.3 Å². The maximum absolute atomic E-state index is 14.3. The SMILES string of the molecule is CCOC(=O)C1=C(C)N(C2CCCC(C(F)(F)F)C2)C(=O)N(CC(=O)N2CCN(C)CC2)C1C1CCC(C#N)CC1. The molecule has 0 spiro atoms. The smallest absolute Gasteiger partial charge is 0.391 e. The fraction of sp³-hybridized carbons (Fsp3) is 0.793. The summed E-state index contributed by atoms with van der Waals surface area (Å²) in [4.78, 5) is 48.0. The Balaban J connectivity index is 1.74. The fourth-order valence-corrected chi connectivity index (χ4v) is 7.03. The number of urea groups is 1. The van der Waals surface area contributed by atoms with E-state index >= 15 is 0 Å². The number of hydrogen-bond donors (Lipinski definition) is 0. The highest BCUT2D eigenvalue weighted by Crippen LogP contribution is 2.44. The molecular weight excluding hydrogens is 539 g/mol. The predicted molar refractivity (Wildman–Crippen MR) is 144 cm³/mol. The average molecular weight is 582 g/mol. The van der Waals surface area contributed by atoms with Crippen LogP contribution in [-0.4, -0.2) is 102 Å². The van der Waals surface area contributed by atoms with Gasteiger partial charge in [-0.25, -0.2) is 9.59 Å². The largest absolute Gasteiger partial charge is 0.463 e. The van der Waals surface area contributed by atoms with Crippen LogP contribution in [0.2, 0.25) is 0 Å². The van der Waals surface area contributed by atoms with Crippen molar-refractivity contribution in [2.45, 2.75) is 83.5 Å². The summed E-state index contributed by atoms with van der Waals surface area (Å²) >= 11 is 0. The first-order valence-corrected chi connectivity index (χ1v) is 14.9. The summed E-state index contributed by atoms with van der Waals surface area (Å²) < 4.78 is 46.7. The molecule has 3 atom stereocenters. The number of piperazine rings is 1. The molecule has 0 bridgehead atoms. The first-order chi connectivity index (χ1) is 19.5. The van der Waals surface area contributed by atoms with Gasteiger partial charge in [0.2, 0.25) is 5.91 Å². The molecule has 41 heavy (non-hydrogen) atoms. The molecule has 3 unspecified atom stereocenters. The predicted octanol–water partition coefficient (Wildman–Crippen LogP) is 4.15. The number of likely N-dealkylation sites (N-methyl/N-ethyl adjacent to an activating group) is 1. The van der Waals surface area contributed by atoms with E-state index in [1.54, 1.807) is 18.7 Å². The number of nitriles is 1. The van der Waals surface area contributed by atoms with E-state index in [0.717, 1.165) is 0 Å². The Labute approximate surface area is 240 Å². The molecule has 2 aliphatic carbocycles. The second kappa shape index (κ2) is 13.0. The Morgan fingerprint density at radius 2 is 1.71 bits per heavy atom. The summed E-state index contributed by atoms with van der Waals surface area (Å²) in [5.41, 5.74) is 0.559. The van der Waals surface area contributed by atoms with Gasteiger partial charge in [0.1, 0.15) is 6.54 Å². The number of alkyl halides is 3. The van der Waals surface area contributed by atoms with Crippen LogP contribution < -0.4 is 0 Å². The molecule has 0 aromatic carbocycles. The van der Waals surface area contributed by atoms with E-state index in [9.17, 15) is 32.8 Å². The highest BCUT2D eigenvalue weighted by atomic mass is 19.4. The Morgan fingerprint density at radius 3 is 2.29 bits per heavy atom. The number of allylic oxidation sites excluding steroid dienone is 1. The maximum atomic E-state index is 14.3. The molecule has 0 radical (unpaired) electrons. The zero-order chi connectivity index (χ0) is 29.9. The van der Waals surface area contributed by atoms with Gasteiger partial charge >= 0.3 is 18.2 Å². The molecule has 0 N–H and O–H groups in total. The number of ether oxygens (including phenoxy) is 1. The van der Waals surface area contributed by atoms with Crippen molar-refractivity contribution in [2.24, 2.45) is 17.8 Å². The van der Waals surface area contributed by atoms with E-state index in [4.69, 9.17) is 4.74 Å². The van der Waals surface area contributed by atoms with E-state index < -0.39 is 36.2 Å². The third-order valence-corrected chi connectivity index (χ3v) is 9.37. The number of hydrogen-bond acceptors (Lipinski definition) is 6. The number of halogens is 3. The minimum atomic E-state index is -4.38. The van der Waals surface area contributed by atoms with Crippen LogP contribution in [-0.2, 0) is 14.3 Å². The monoisotopic (exact) mass is 581 g/mol. The summed E-state index contributed by atoms with van der Waals surface area (Å²) in [5.74, 6) is -2.70. The van der Waals surface area contributed by atoms with E-state index in [0.29, 0.717) is 70.4 Å². The van der Waals surface area contributed by atoms with Gasteiger partial charge in [0.15, 0.2) is 0 Å². The van der Waals surface area contributed by atoms with Gasteiger partial charge in [0.05, 0.1) is 30.2 Å². The minimum Gasteiger partial charge on any atom is -0.463 e. The number of rotatable bonds is 6. The summed E-state index contributed by atoms with van der Waals surface area (Å²) in [6.45, 7) is 5.53. The lowest BCUT2D eigenvalue weighted by Gasteiger charge is -2.49. The molecule has 4 aliphatic rings. The molecule has 0 aromatic rings. The van der Waals surface area contributed by atoms with Crippen molar-refractivity contribution in [2.75, 3.05) is 46.4 Å². The number of carbonyl (C=O) groups is 3. The van der Waals surface area contributed by atoms with Gasteiger partial charge in [0.25, 0.3) is 0 Å². The molecule has 3 amide bonds. The normalized spacial score (nSPS) is 30.3. The highest BCUT2D eigenvalue weighted by molar-refractivity contribution is 5.96. The van der Waals surface area contributed by atoms with Crippen molar-refractivity contribution in [3.63, 3.8) is 0 Å². The minimum absolute atomic E-state index is 0.00584. The Kier molecular flexibility index (Phi) is 9.88. The van der Waals surface area contributed by atoms with Crippen LogP contribution in [0.4, 0.5) is 18.0 Å². The molecular formula is C29H42F3N5O4. The average Bonchev–Trinajstić information content (AvgIpc) is 2.94. The summed E-state index contributed by atoms with van der Waals surface area (Å²) in [6.07, 6.45) is -1.53. The lowest BCUT2D eigenvalue weighted by molar-refractivity contribution is -0.185. The fourth-order valence-electron chi connectivity index (χ4n) is 7.03. The van der Waals surface area contributed by atoms with Gasteiger partial charge in [0, 0.05) is 43.8 Å². The number of esters is 1. The molecule has 9 nitrogen and oxygen atoms in total. The lowest BCUT2D eigenvalue weighted by Crippen LogP contribution is -2.62. The first kappa shape index (κ1) is 31.1. The molecule has 2 saturated carbocycles. The van der Waals surface area contributed by atoms with Gasteiger partial charge in [-0.2, -0.15) is 18.4 Å². The maximum Gasteiger partial charge on any atom is 0.391 e. The van der Waals surface area contributed by atoms with Gasteiger partial charge in [-0.05, 0) is 71.8 Å². The topological polar surface area (TPSA) is 97.2 Å². The summed E-state index contributed by atoms with van der Waals surface area (Å²) in [6, 6.07) is 0.277. The van der Waals surface area contributed by atoms with E-state index in [2.05, 4.69) is 11.0 Å².